The number of nitrogens with one attached hydrogen (secondary N) is 16. The summed E-state index contributed by atoms with van der Waals surface area (Å²) < 4.78 is 0. The van der Waals surface area contributed by atoms with E-state index in [-0.39, 0.29) is 99.4 Å². The van der Waals surface area contributed by atoms with E-state index in [1.165, 1.54) is 44.3 Å². The second kappa shape index (κ2) is 57.5. The van der Waals surface area contributed by atoms with Crippen LogP contribution in [0.15, 0.2) is 54.6 Å². The predicted octanol–water partition coefficient (Wildman–Crippen LogP) is -2.20. The zero-order valence-corrected chi connectivity index (χ0v) is 75.6. The van der Waals surface area contributed by atoms with Gasteiger partial charge in [-0.1, -0.05) is 130 Å². The lowest BCUT2D eigenvalue weighted by Crippen LogP contribution is -2.62. The first-order valence-electron chi connectivity index (χ1n) is 42.7. The number of nitrogens with two attached hydrogens (primary N) is 4. The number of carbonyl (C=O) groups is 17. The van der Waals surface area contributed by atoms with Crippen molar-refractivity contribution in [3.8, 4) is 0 Å². The maximum absolute atomic E-state index is 14.9. The number of carbonyl (C=O) groups excluding carboxylic acids is 17. The second-order valence-electron chi connectivity index (χ2n) is 32.8. The van der Waals surface area contributed by atoms with Crippen LogP contribution in [0.1, 0.15) is 184 Å². The monoisotopic (exact) mass is 1780 g/mol. The molecule has 15 atom stereocenters. The standard InChI is InChI=1S/C84H138N20O18S2/c1-14-50(10)70(104-83(121)69(49(8)9)102-73(111)52(12)91-77(115)62(38-54-25-16-15-17-26-54)98-78(116)61(36-47(4)5)94-66(107)39-89-53(13)106)84(122)97-59(31-20-23-34-87)75(113)96-58(30-19-22-33-86)76(114)100-64-44-123-42-55-27-24-28-56(37-55)43-124-45-65(101-82(120)68(48(6)7)103-79(117)63(41-105)99-72(110)51(11)92-80(64)118)81(119)95-57(29-18-21-32-85)74(112)90-40-67(108)93-60(71(88)109)35-46(2)3/h15-17,24-28,37,46-52,57-65,68-70,105H,14,18-23,29-36,38-45,85-87H2,1-13H3,(H2,88,109)(H,89,106)(H,90,112)(H,91,115)(H,92,118)(H,93,108)(H,94,107)(H,95,119)(H,96,113)(H,97,122)(H,98,116)(H,99,110)(H,100,114)(H,101,120)(H,102,111)(H,103,117)(H,104,121)/t50-,51-,52-,57-,58-,59-,60-,61-,62-,63-,64-,65-,68-,69-,70-/m0/s1. The molecule has 38 nitrogen and oxygen atoms in total. The Hall–Kier alpha value is -10.0. The maximum Gasteiger partial charge on any atom is 0.245 e. The van der Waals surface area contributed by atoms with Gasteiger partial charge in [0.2, 0.25) is 100 Å². The molecule has 0 spiro atoms. The van der Waals surface area contributed by atoms with E-state index in [0.29, 0.717) is 44.1 Å². The topological polar surface area (TPSA) is 607 Å². The highest BCUT2D eigenvalue weighted by atomic mass is 32.2. The molecule has 124 heavy (non-hydrogen) atoms. The van der Waals surface area contributed by atoms with Gasteiger partial charge in [-0.3, -0.25) is 81.5 Å². The quantitative estimate of drug-likeness (QED) is 0.0313. The van der Waals surface area contributed by atoms with Gasteiger partial charge in [0.05, 0.1) is 19.7 Å². The van der Waals surface area contributed by atoms with Crippen molar-refractivity contribution < 1.29 is 86.6 Å². The number of benzene rings is 2. The molecule has 694 valence electrons. The largest absolute Gasteiger partial charge is 0.394 e. The summed E-state index contributed by atoms with van der Waals surface area (Å²) in [5.41, 5.74) is 25.3. The fourth-order valence-corrected chi connectivity index (χ4v) is 14.9. The number of primary amides is 1. The van der Waals surface area contributed by atoms with Crippen molar-refractivity contribution in [2.45, 2.75) is 270 Å². The van der Waals surface area contributed by atoms with Crippen LogP contribution in [0.25, 0.3) is 0 Å². The van der Waals surface area contributed by atoms with Gasteiger partial charge in [-0.25, -0.2) is 0 Å². The van der Waals surface area contributed by atoms with Gasteiger partial charge in [-0.15, -0.1) is 0 Å². The van der Waals surface area contributed by atoms with Crippen molar-refractivity contribution in [1.29, 1.82) is 0 Å². The number of thioether (sulfide) groups is 2. The highest BCUT2D eigenvalue weighted by Gasteiger charge is 2.39. The molecule has 2 aromatic carbocycles. The molecule has 1 aliphatic rings. The number of aliphatic hydroxyl groups is 1. The molecule has 3 rings (SSSR count). The highest BCUT2D eigenvalue weighted by Crippen LogP contribution is 2.22. The first-order valence-corrected chi connectivity index (χ1v) is 45.0. The number of aliphatic hydroxyl groups excluding tert-OH is 1. The van der Waals surface area contributed by atoms with Gasteiger partial charge in [0.1, 0.15) is 84.6 Å². The lowest BCUT2D eigenvalue weighted by Gasteiger charge is -2.30. The summed E-state index contributed by atoms with van der Waals surface area (Å²) in [4.78, 5) is 236. The van der Waals surface area contributed by atoms with E-state index >= 15 is 0 Å². The fraction of sp³-hybridized carbons (Fsp3) is 0.655. The molecule has 0 saturated heterocycles. The lowest BCUT2D eigenvalue weighted by molar-refractivity contribution is -0.137. The van der Waals surface area contributed by atoms with Crippen LogP contribution in [0, 0.1) is 29.6 Å². The van der Waals surface area contributed by atoms with Gasteiger partial charge in [-0.05, 0) is 150 Å². The van der Waals surface area contributed by atoms with Gasteiger partial charge >= 0.3 is 0 Å². The molecule has 1 heterocycles. The van der Waals surface area contributed by atoms with Crippen molar-refractivity contribution in [2.75, 3.05) is 50.8 Å². The van der Waals surface area contributed by atoms with Crippen LogP contribution >= 0.6 is 23.5 Å². The van der Waals surface area contributed by atoms with Crippen molar-refractivity contribution in [3.63, 3.8) is 0 Å². The van der Waals surface area contributed by atoms with E-state index in [4.69, 9.17) is 22.9 Å². The molecule has 25 N–H and O–H groups in total. The Bertz CT molecular complexity index is 3850. The van der Waals surface area contributed by atoms with Gasteiger partial charge < -0.3 is 113 Å². The molecular formula is C84H138N20O18S2. The summed E-state index contributed by atoms with van der Waals surface area (Å²) in [6.45, 7) is 19.9. The van der Waals surface area contributed by atoms with Crippen LogP contribution in [0.2, 0.25) is 0 Å². The van der Waals surface area contributed by atoms with E-state index in [2.05, 4.69) is 85.1 Å². The van der Waals surface area contributed by atoms with Crippen LogP contribution in [-0.2, 0) is 99.4 Å². The summed E-state index contributed by atoms with van der Waals surface area (Å²) in [7, 11) is 0. The third-order valence-corrected chi connectivity index (χ3v) is 22.5. The Morgan fingerprint density at radius 3 is 1.52 bits per heavy atom. The molecule has 17 amide bonds. The van der Waals surface area contributed by atoms with E-state index in [0.717, 1.165) is 11.1 Å². The minimum atomic E-state index is -1.72. The third-order valence-electron chi connectivity index (χ3n) is 20.3. The summed E-state index contributed by atoms with van der Waals surface area (Å²) in [5.74, 6) is -15.2. The molecular weight excluding hydrogens is 1640 g/mol. The molecule has 0 aliphatic carbocycles. The summed E-state index contributed by atoms with van der Waals surface area (Å²) in [5, 5.41) is 52.8. The number of hydrogen-bond donors (Lipinski definition) is 21. The summed E-state index contributed by atoms with van der Waals surface area (Å²) in [6.07, 6.45) is 2.92. The number of hydrogen-bond acceptors (Lipinski definition) is 23. The zero-order chi connectivity index (χ0) is 92.9. The molecule has 0 saturated carbocycles. The van der Waals surface area contributed by atoms with Crippen LogP contribution in [-0.4, -0.2) is 241 Å². The Morgan fingerprint density at radius 1 is 0.492 bits per heavy atom. The Balaban J connectivity index is 1.98. The van der Waals surface area contributed by atoms with Gasteiger partial charge in [0.25, 0.3) is 0 Å². The number of amides is 17. The number of fused-ring (bicyclic) bond motifs is 2. The maximum atomic E-state index is 14.9. The van der Waals surface area contributed by atoms with Gasteiger partial charge in [0.15, 0.2) is 0 Å². The van der Waals surface area contributed by atoms with Crippen molar-refractivity contribution >= 4 is 124 Å². The minimum absolute atomic E-state index is 0.00634. The normalized spacial score (nSPS) is 18.6. The number of rotatable bonds is 47. The first kappa shape index (κ1) is 108. The van der Waals surface area contributed by atoms with Gasteiger partial charge in [0, 0.05) is 36.4 Å². The predicted molar refractivity (Wildman–Crippen MR) is 472 cm³/mol. The molecule has 40 heteroatoms. The molecule has 0 radical (unpaired) electrons. The molecule has 0 fully saturated rings. The average molecular weight is 1780 g/mol. The second-order valence-corrected chi connectivity index (χ2v) is 34.9. The number of unbranched alkanes of at least 4 members (excludes halogenated alkanes) is 3. The SMILES string of the molecule is CC[C@H](C)[C@H](NC(=O)[C@@H](NC(=O)[C@H](C)NC(=O)[C@H](Cc1ccccc1)NC(=O)[C@H](CC(C)C)NC(=O)CNC(C)=O)C(C)C)C(=O)N[C@@H](CCCCN)C(=O)N[C@@H](CCCCN)C(=O)N[C@H]1CSCc2cccc(c2)CSC[C@@H](C(=O)N[C@@H](CCCCN)C(=O)NCC(=O)N[C@@H](CC(C)C)C(N)=O)NC(=O)[C@H](C(C)C)NC(=O)[C@H](CO)NC(=O)[C@H](C)NC1=O. The van der Waals surface area contributed by atoms with Gasteiger partial charge in [-0.2, -0.15) is 23.5 Å². The molecule has 1 aliphatic heterocycles. The van der Waals surface area contributed by atoms with Crippen molar-refractivity contribution in [1.82, 2.24) is 85.1 Å². The van der Waals surface area contributed by atoms with Crippen LogP contribution < -0.4 is 108 Å². The summed E-state index contributed by atoms with van der Waals surface area (Å²) >= 11 is 2.45. The average Bonchev–Trinajstić information content (AvgIpc) is 0.855. The molecule has 2 bridgehead atoms. The van der Waals surface area contributed by atoms with E-state index in [9.17, 15) is 86.6 Å². The Labute approximate surface area is 736 Å². The van der Waals surface area contributed by atoms with Crippen molar-refractivity contribution in [3.05, 3.63) is 71.3 Å². The molecule has 0 aromatic heterocycles. The lowest BCUT2D eigenvalue weighted by atomic mass is 9.95. The smallest absolute Gasteiger partial charge is 0.245 e. The zero-order valence-electron chi connectivity index (χ0n) is 73.9. The Morgan fingerprint density at radius 2 is 0.992 bits per heavy atom. The highest BCUT2D eigenvalue weighted by molar-refractivity contribution is 7.98. The summed E-state index contributed by atoms with van der Waals surface area (Å²) in [6, 6.07) is -2.76. The Kier molecular flexibility index (Phi) is 50.1. The van der Waals surface area contributed by atoms with Crippen molar-refractivity contribution in [2.24, 2.45) is 52.5 Å². The minimum Gasteiger partial charge on any atom is -0.394 e. The van der Waals surface area contributed by atoms with Crippen LogP contribution in [0.4, 0.5) is 0 Å². The van der Waals surface area contributed by atoms with Crippen LogP contribution in [0.3, 0.4) is 0 Å². The van der Waals surface area contributed by atoms with E-state index in [1.54, 1.807) is 77.9 Å². The molecule has 0 unspecified atom stereocenters. The first-order chi connectivity index (χ1) is 58.7. The fourth-order valence-electron chi connectivity index (χ4n) is 12.9. The van der Waals surface area contributed by atoms with E-state index in [1.807, 2.05) is 45.9 Å². The van der Waals surface area contributed by atoms with E-state index < -0.39 is 222 Å². The molecule has 2 aromatic rings. The van der Waals surface area contributed by atoms with Crippen LogP contribution in [0.5, 0.6) is 0 Å². The third kappa shape index (κ3) is 40.3.